The molecule has 0 aromatic heterocycles. The van der Waals surface area contributed by atoms with E-state index in [1.807, 2.05) is 13.8 Å². The first-order chi connectivity index (χ1) is 7.04. The lowest BCUT2D eigenvalue weighted by Crippen LogP contribution is -2.09. The standard InChI is InChI=1S/C11H15BrFNO/c1-7(2)6-15-11-4-8(12)3-10(13)9(11)5-14/h3-4,7H,5-6,14H2,1-2H3. The molecule has 0 aliphatic heterocycles. The van der Waals surface area contributed by atoms with E-state index < -0.39 is 0 Å². The van der Waals surface area contributed by atoms with Crippen molar-refractivity contribution in [2.24, 2.45) is 11.7 Å². The van der Waals surface area contributed by atoms with Crippen molar-refractivity contribution in [3.8, 4) is 5.75 Å². The second kappa shape index (κ2) is 5.47. The highest BCUT2D eigenvalue weighted by Gasteiger charge is 2.10. The summed E-state index contributed by atoms with van der Waals surface area (Å²) in [5.74, 6) is 0.598. The summed E-state index contributed by atoms with van der Waals surface area (Å²) in [4.78, 5) is 0. The Balaban J connectivity index is 2.93. The molecule has 0 fully saturated rings. The van der Waals surface area contributed by atoms with E-state index in [1.165, 1.54) is 6.07 Å². The van der Waals surface area contributed by atoms with Gasteiger partial charge in [-0.3, -0.25) is 0 Å². The molecule has 15 heavy (non-hydrogen) atoms. The fourth-order valence-electron chi connectivity index (χ4n) is 1.16. The van der Waals surface area contributed by atoms with Crippen LogP contribution in [0.4, 0.5) is 4.39 Å². The van der Waals surface area contributed by atoms with Crippen LogP contribution >= 0.6 is 15.9 Å². The van der Waals surface area contributed by atoms with Gasteiger partial charge in [-0.25, -0.2) is 4.39 Å². The monoisotopic (exact) mass is 275 g/mol. The normalized spacial score (nSPS) is 10.8. The third-order valence-electron chi connectivity index (χ3n) is 1.90. The Bertz CT molecular complexity index is 342. The van der Waals surface area contributed by atoms with Crippen LogP contribution in [0.25, 0.3) is 0 Å². The first kappa shape index (κ1) is 12.5. The summed E-state index contributed by atoms with van der Waals surface area (Å²) < 4.78 is 19.6. The van der Waals surface area contributed by atoms with Gasteiger partial charge in [0.25, 0.3) is 0 Å². The Morgan fingerprint density at radius 2 is 2.13 bits per heavy atom. The summed E-state index contributed by atoms with van der Waals surface area (Å²) >= 11 is 3.22. The number of benzene rings is 1. The van der Waals surface area contributed by atoms with Gasteiger partial charge in [-0.05, 0) is 18.1 Å². The summed E-state index contributed by atoms with van der Waals surface area (Å²) in [6.07, 6.45) is 0. The van der Waals surface area contributed by atoms with Gasteiger partial charge in [0.05, 0.1) is 6.61 Å². The molecule has 1 aromatic carbocycles. The Morgan fingerprint density at radius 3 is 2.67 bits per heavy atom. The van der Waals surface area contributed by atoms with Crippen LogP contribution in [0.3, 0.4) is 0 Å². The highest BCUT2D eigenvalue weighted by atomic mass is 79.9. The van der Waals surface area contributed by atoms with Gasteiger partial charge in [0.1, 0.15) is 11.6 Å². The number of nitrogens with two attached hydrogens (primary N) is 1. The highest BCUT2D eigenvalue weighted by molar-refractivity contribution is 9.10. The van der Waals surface area contributed by atoms with Crippen molar-refractivity contribution < 1.29 is 9.13 Å². The Labute approximate surface area is 97.7 Å². The van der Waals surface area contributed by atoms with Crippen LogP contribution in [0, 0.1) is 11.7 Å². The van der Waals surface area contributed by atoms with Crippen molar-refractivity contribution >= 4 is 15.9 Å². The maximum Gasteiger partial charge on any atom is 0.132 e. The highest BCUT2D eigenvalue weighted by Crippen LogP contribution is 2.26. The molecule has 0 bridgehead atoms. The smallest absolute Gasteiger partial charge is 0.132 e. The zero-order chi connectivity index (χ0) is 11.4. The molecule has 1 aromatic rings. The van der Waals surface area contributed by atoms with Crippen LogP contribution in [0.2, 0.25) is 0 Å². The van der Waals surface area contributed by atoms with Crippen molar-refractivity contribution in [1.29, 1.82) is 0 Å². The number of halogens is 2. The quantitative estimate of drug-likeness (QED) is 0.917. The topological polar surface area (TPSA) is 35.2 Å². The fourth-order valence-corrected chi connectivity index (χ4v) is 1.57. The molecule has 0 unspecified atom stereocenters. The van der Waals surface area contributed by atoms with Crippen molar-refractivity contribution in [2.75, 3.05) is 6.61 Å². The fraction of sp³-hybridized carbons (Fsp3) is 0.455. The molecule has 0 aliphatic rings. The molecule has 0 aliphatic carbocycles. The summed E-state index contributed by atoms with van der Waals surface area (Å²) in [5, 5.41) is 0. The van der Waals surface area contributed by atoms with Crippen LogP contribution in [0.15, 0.2) is 16.6 Å². The average molecular weight is 276 g/mol. The van der Waals surface area contributed by atoms with E-state index >= 15 is 0 Å². The van der Waals surface area contributed by atoms with E-state index in [0.717, 1.165) is 0 Å². The predicted molar refractivity (Wildman–Crippen MR) is 62.3 cm³/mol. The Kier molecular flexibility index (Phi) is 4.54. The maximum atomic E-state index is 13.4. The summed E-state index contributed by atoms with van der Waals surface area (Å²) in [6, 6.07) is 3.14. The van der Waals surface area contributed by atoms with Crippen molar-refractivity contribution in [3.05, 3.63) is 28.0 Å². The second-order valence-electron chi connectivity index (χ2n) is 3.77. The van der Waals surface area contributed by atoms with E-state index in [9.17, 15) is 4.39 Å². The summed E-state index contributed by atoms with van der Waals surface area (Å²) in [7, 11) is 0. The van der Waals surface area contributed by atoms with Gasteiger partial charge < -0.3 is 10.5 Å². The van der Waals surface area contributed by atoms with Gasteiger partial charge in [-0.2, -0.15) is 0 Å². The van der Waals surface area contributed by atoms with E-state index in [4.69, 9.17) is 10.5 Å². The lowest BCUT2D eigenvalue weighted by Gasteiger charge is -2.13. The molecule has 0 atom stereocenters. The van der Waals surface area contributed by atoms with Crippen molar-refractivity contribution in [1.82, 2.24) is 0 Å². The zero-order valence-electron chi connectivity index (χ0n) is 8.89. The predicted octanol–water partition coefficient (Wildman–Crippen LogP) is 3.08. The number of ether oxygens (including phenoxy) is 1. The van der Waals surface area contributed by atoms with Gasteiger partial charge in [0.15, 0.2) is 0 Å². The van der Waals surface area contributed by atoms with Gasteiger partial charge in [-0.1, -0.05) is 29.8 Å². The molecule has 0 amide bonds. The molecule has 0 heterocycles. The van der Waals surface area contributed by atoms with Crippen LogP contribution in [0.1, 0.15) is 19.4 Å². The first-order valence-electron chi connectivity index (χ1n) is 4.85. The average Bonchev–Trinajstić information content (AvgIpc) is 2.13. The van der Waals surface area contributed by atoms with E-state index in [-0.39, 0.29) is 12.4 Å². The van der Waals surface area contributed by atoms with Gasteiger partial charge >= 0.3 is 0 Å². The molecule has 0 radical (unpaired) electrons. The van der Waals surface area contributed by atoms with Gasteiger partial charge in [0.2, 0.25) is 0 Å². The number of hydrogen-bond donors (Lipinski definition) is 1. The minimum absolute atomic E-state index is 0.145. The van der Waals surface area contributed by atoms with Gasteiger partial charge in [0, 0.05) is 16.6 Å². The minimum atomic E-state index is -0.328. The molecule has 0 saturated carbocycles. The van der Waals surface area contributed by atoms with Crippen molar-refractivity contribution in [3.63, 3.8) is 0 Å². The molecule has 4 heteroatoms. The number of hydrogen-bond acceptors (Lipinski definition) is 2. The van der Waals surface area contributed by atoms with E-state index in [2.05, 4.69) is 15.9 Å². The molecular formula is C11H15BrFNO. The third kappa shape index (κ3) is 3.47. The van der Waals surface area contributed by atoms with Crippen LogP contribution in [0.5, 0.6) is 5.75 Å². The summed E-state index contributed by atoms with van der Waals surface area (Å²) in [6.45, 7) is 4.78. The van der Waals surface area contributed by atoms with E-state index in [1.54, 1.807) is 6.07 Å². The summed E-state index contributed by atoms with van der Waals surface area (Å²) in [5.41, 5.74) is 5.90. The molecule has 0 spiro atoms. The number of rotatable bonds is 4. The van der Waals surface area contributed by atoms with Crippen LogP contribution in [-0.2, 0) is 6.54 Å². The lowest BCUT2D eigenvalue weighted by atomic mass is 10.2. The van der Waals surface area contributed by atoms with Gasteiger partial charge in [-0.15, -0.1) is 0 Å². The Morgan fingerprint density at radius 1 is 1.47 bits per heavy atom. The largest absolute Gasteiger partial charge is 0.493 e. The van der Waals surface area contributed by atoms with E-state index in [0.29, 0.717) is 28.3 Å². The lowest BCUT2D eigenvalue weighted by molar-refractivity contribution is 0.267. The second-order valence-corrected chi connectivity index (χ2v) is 4.69. The van der Waals surface area contributed by atoms with Crippen LogP contribution in [-0.4, -0.2) is 6.61 Å². The minimum Gasteiger partial charge on any atom is -0.493 e. The maximum absolute atomic E-state index is 13.4. The molecular weight excluding hydrogens is 261 g/mol. The first-order valence-corrected chi connectivity index (χ1v) is 5.64. The molecule has 84 valence electrons. The zero-order valence-corrected chi connectivity index (χ0v) is 10.5. The SMILES string of the molecule is CC(C)COc1cc(Br)cc(F)c1CN. The molecule has 2 nitrogen and oxygen atoms in total. The third-order valence-corrected chi connectivity index (χ3v) is 2.35. The van der Waals surface area contributed by atoms with Crippen molar-refractivity contribution in [2.45, 2.75) is 20.4 Å². The van der Waals surface area contributed by atoms with Crippen LogP contribution < -0.4 is 10.5 Å². The molecule has 0 saturated heterocycles. The Hall–Kier alpha value is -0.610. The molecule has 2 N–H and O–H groups in total. The molecule has 1 rings (SSSR count).